The van der Waals surface area contributed by atoms with E-state index in [0.717, 1.165) is 22.2 Å². The van der Waals surface area contributed by atoms with Crippen LogP contribution in [-0.2, 0) is 11.2 Å². The lowest BCUT2D eigenvalue weighted by molar-refractivity contribution is -0.136. The average molecular weight is 327 g/mol. The van der Waals surface area contributed by atoms with Gasteiger partial charge in [-0.3, -0.25) is 10.1 Å². The molecule has 0 aliphatic carbocycles. The molecule has 0 atom stereocenters. The van der Waals surface area contributed by atoms with Crippen LogP contribution in [-0.4, -0.2) is 36.1 Å². The fourth-order valence-electron chi connectivity index (χ4n) is 2.44. The summed E-state index contributed by atoms with van der Waals surface area (Å²) in [5.41, 5.74) is 4.03. The molecule has 2 heterocycles. The van der Waals surface area contributed by atoms with Crippen LogP contribution in [0.4, 0.5) is 11.9 Å². The summed E-state index contributed by atoms with van der Waals surface area (Å²) in [7, 11) is 0. The van der Waals surface area contributed by atoms with Crippen LogP contribution in [0.2, 0.25) is 0 Å². The lowest BCUT2D eigenvalue weighted by atomic mass is 10.1. The van der Waals surface area contributed by atoms with Crippen LogP contribution < -0.4 is 5.32 Å². The number of carboxylic acid groups (broad SMARTS) is 1. The van der Waals surface area contributed by atoms with Crippen LogP contribution in [0.25, 0.3) is 10.9 Å². The van der Waals surface area contributed by atoms with Gasteiger partial charge in [-0.15, -0.1) is 0 Å². The third kappa shape index (κ3) is 2.98. The number of anilines is 2. The maximum absolute atomic E-state index is 10.7. The molecule has 24 heavy (non-hydrogen) atoms. The van der Waals surface area contributed by atoms with Crippen LogP contribution in [0.15, 0.2) is 12.1 Å². The van der Waals surface area contributed by atoms with E-state index >= 15 is 0 Å². The lowest BCUT2D eigenvalue weighted by Gasteiger charge is -2.08. The van der Waals surface area contributed by atoms with Gasteiger partial charge < -0.3 is 15.2 Å². The zero-order valence-corrected chi connectivity index (χ0v) is 13.5. The molecule has 124 valence electrons. The minimum Gasteiger partial charge on any atom is -0.492 e. The van der Waals surface area contributed by atoms with E-state index in [4.69, 9.17) is 5.11 Å². The van der Waals surface area contributed by atoms with Crippen LogP contribution in [0, 0.1) is 20.8 Å². The zero-order valence-electron chi connectivity index (χ0n) is 13.5. The number of carboxylic acids is 1. The number of nitrogens with one attached hydrogen (secondary N) is 2. The number of hydrogen-bond donors (Lipinski definition) is 4. The molecule has 0 unspecified atom stereocenters. The van der Waals surface area contributed by atoms with E-state index in [1.165, 1.54) is 5.56 Å². The second-order valence-corrected chi connectivity index (χ2v) is 5.67. The molecular weight excluding hydrogens is 310 g/mol. The number of aliphatic carboxylic acids is 1. The topological polar surface area (TPSA) is 124 Å². The number of hydrogen-bond acceptors (Lipinski definition) is 6. The number of benzene rings is 1. The molecule has 0 saturated carbocycles. The maximum Gasteiger partial charge on any atom is 0.309 e. The van der Waals surface area contributed by atoms with Gasteiger partial charge in [-0.2, -0.15) is 4.98 Å². The molecular formula is C16H17N5O3. The molecule has 8 nitrogen and oxygen atoms in total. The first-order valence-corrected chi connectivity index (χ1v) is 7.35. The van der Waals surface area contributed by atoms with Crippen molar-refractivity contribution in [3.05, 3.63) is 34.6 Å². The minimum absolute atomic E-state index is 0.119. The molecule has 0 amide bonds. The van der Waals surface area contributed by atoms with Gasteiger partial charge in [0.1, 0.15) is 0 Å². The quantitative estimate of drug-likeness (QED) is 0.580. The maximum atomic E-state index is 10.7. The van der Waals surface area contributed by atoms with Crippen molar-refractivity contribution in [1.29, 1.82) is 0 Å². The minimum atomic E-state index is -1.07. The summed E-state index contributed by atoms with van der Waals surface area (Å²) in [6, 6.07) is 4.04. The molecule has 0 radical (unpaired) electrons. The van der Waals surface area contributed by atoms with Crippen LogP contribution >= 0.6 is 0 Å². The summed E-state index contributed by atoms with van der Waals surface area (Å²) in [5.74, 6) is -0.918. The van der Waals surface area contributed by atoms with Gasteiger partial charge in [0.25, 0.3) is 0 Å². The Kier molecular flexibility index (Phi) is 3.80. The highest BCUT2D eigenvalue weighted by Crippen LogP contribution is 2.23. The number of aromatic amines is 1. The van der Waals surface area contributed by atoms with Crippen molar-refractivity contribution in [2.45, 2.75) is 27.2 Å². The molecule has 0 aliphatic heterocycles. The second-order valence-electron chi connectivity index (χ2n) is 5.67. The Hall–Kier alpha value is -3.16. The largest absolute Gasteiger partial charge is 0.492 e. The Labute approximate surface area is 137 Å². The summed E-state index contributed by atoms with van der Waals surface area (Å²) in [6.45, 7) is 5.94. The smallest absolute Gasteiger partial charge is 0.309 e. The van der Waals surface area contributed by atoms with Crippen molar-refractivity contribution < 1.29 is 15.0 Å². The monoisotopic (exact) mass is 327 g/mol. The van der Waals surface area contributed by atoms with Gasteiger partial charge in [0.15, 0.2) is 0 Å². The summed E-state index contributed by atoms with van der Waals surface area (Å²) in [4.78, 5) is 26.1. The predicted molar refractivity (Wildman–Crippen MR) is 88.6 cm³/mol. The third-order valence-electron chi connectivity index (χ3n) is 3.82. The normalized spacial score (nSPS) is 11.0. The molecule has 0 aliphatic rings. The number of aromatic nitrogens is 4. The molecule has 0 bridgehead atoms. The predicted octanol–water partition coefficient (Wildman–Crippen LogP) is 2.35. The van der Waals surface area contributed by atoms with Crippen LogP contribution in [0.5, 0.6) is 5.88 Å². The molecule has 3 rings (SSSR count). The van der Waals surface area contributed by atoms with Crippen molar-refractivity contribution in [3.8, 4) is 5.88 Å². The van der Waals surface area contributed by atoms with E-state index in [-0.39, 0.29) is 23.9 Å². The fourth-order valence-corrected chi connectivity index (χ4v) is 2.44. The standard InChI is InChI=1S/C16H17N5O3/c1-7-4-10-9(3)17-15(18-11(10)5-8(7)2)21-16-19-12(6-13(22)23)14(24)20-16/h4-5,24H,6H2,1-3H3,(H,22,23)(H2,17,18,19,20,21). The molecule has 0 spiro atoms. The number of H-pyrrole nitrogens is 1. The lowest BCUT2D eigenvalue weighted by Crippen LogP contribution is -2.02. The summed E-state index contributed by atoms with van der Waals surface area (Å²) >= 11 is 0. The van der Waals surface area contributed by atoms with E-state index < -0.39 is 5.97 Å². The molecule has 3 aromatic rings. The highest BCUT2D eigenvalue weighted by molar-refractivity contribution is 5.83. The van der Waals surface area contributed by atoms with E-state index in [0.29, 0.717) is 5.95 Å². The van der Waals surface area contributed by atoms with Gasteiger partial charge in [0.2, 0.25) is 17.8 Å². The number of aromatic hydroxyl groups is 1. The van der Waals surface area contributed by atoms with E-state index in [2.05, 4.69) is 25.3 Å². The van der Waals surface area contributed by atoms with Crippen molar-refractivity contribution in [2.24, 2.45) is 0 Å². The second kappa shape index (κ2) is 5.80. The van der Waals surface area contributed by atoms with E-state index in [1.807, 2.05) is 32.9 Å². The van der Waals surface area contributed by atoms with Gasteiger partial charge in [-0.1, -0.05) is 0 Å². The molecule has 4 N–H and O–H groups in total. The van der Waals surface area contributed by atoms with E-state index in [9.17, 15) is 9.90 Å². The van der Waals surface area contributed by atoms with Crippen molar-refractivity contribution in [2.75, 3.05) is 5.32 Å². The van der Waals surface area contributed by atoms with E-state index in [1.54, 1.807) is 0 Å². The van der Waals surface area contributed by atoms with Gasteiger partial charge in [0.05, 0.1) is 23.3 Å². The Morgan fingerprint density at radius 2 is 1.88 bits per heavy atom. The first kappa shape index (κ1) is 15.7. The first-order chi connectivity index (χ1) is 11.3. The van der Waals surface area contributed by atoms with Gasteiger partial charge in [-0.05, 0) is 44.0 Å². The molecule has 2 aromatic heterocycles. The Bertz CT molecular complexity index is 949. The molecule has 0 saturated heterocycles. The number of aryl methyl sites for hydroxylation is 3. The molecule has 8 heteroatoms. The van der Waals surface area contributed by atoms with Crippen LogP contribution in [0.1, 0.15) is 22.5 Å². The zero-order chi connectivity index (χ0) is 17.4. The van der Waals surface area contributed by atoms with Gasteiger partial charge in [0, 0.05) is 5.39 Å². The average Bonchev–Trinajstić information content (AvgIpc) is 2.80. The number of imidazole rings is 1. The van der Waals surface area contributed by atoms with Gasteiger partial charge in [-0.25, -0.2) is 9.97 Å². The summed E-state index contributed by atoms with van der Waals surface area (Å²) in [6.07, 6.45) is -0.351. The molecule has 0 fully saturated rings. The van der Waals surface area contributed by atoms with Gasteiger partial charge >= 0.3 is 5.97 Å². The van der Waals surface area contributed by atoms with Crippen molar-refractivity contribution in [3.63, 3.8) is 0 Å². The summed E-state index contributed by atoms with van der Waals surface area (Å²) < 4.78 is 0. The number of carbonyl (C=O) groups is 1. The van der Waals surface area contributed by atoms with Crippen molar-refractivity contribution in [1.82, 2.24) is 19.9 Å². The number of nitrogens with zero attached hydrogens (tertiary/aromatic N) is 3. The fraction of sp³-hybridized carbons (Fsp3) is 0.250. The van der Waals surface area contributed by atoms with Crippen molar-refractivity contribution >= 4 is 28.8 Å². The Morgan fingerprint density at radius 1 is 1.17 bits per heavy atom. The summed E-state index contributed by atoms with van der Waals surface area (Å²) in [5, 5.41) is 22.3. The Balaban J connectivity index is 1.96. The number of fused-ring (bicyclic) bond motifs is 1. The first-order valence-electron chi connectivity index (χ1n) is 7.35. The van der Waals surface area contributed by atoms with Crippen LogP contribution in [0.3, 0.4) is 0 Å². The number of rotatable bonds is 4. The highest BCUT2D eigenvalue weighted by atomic mass is 16.4. The SMILES string of the molecule is Cc1cc2nc(Nc3nc(O)c(CC(=O)O)[nH]3)nc(C)c2cc1C. The molecule has 1 aromatic carbocycles. The Morgan fingerprint density at radius 3 is 2.58 bits per heavy atom. The highest BCUT2D eigenvalue weighted by Gasteiger charge is 2.14. The third-order valence-corrected chi connectivity index (χ3v) is 3.82.